The van der Waals surface area contributed by atoms with Gasteiger partial charge in [0.1, 0.15) is 0 Å². The monoisotopic (exact) mass is 208 g/mol. The summed E-state index contributed by atoms with van der Waals surface area (Å²) in [4.78, 5) is 10.9. The summed E-state index contributed by atoms with van der Waals surface area (Å²) in [7, 11) is 1.55. The van der Waals surface area contributed by atoms with Crippen molar-refractivity contribution in [2.75, 3.05) is 7.05 Å². The number of amides is 1. The van der Waals surface area contributed by atoms with Gasteiger partial charge < -0.3 is 5.32 Å². The number of hydrogen-bond acceptors (Lipinski definition) is 1. The summed E-state index contributed by atoms with van der Waals surface area (Å²) >= 11 is 0. The second kappa shape index (κ2) is 8.90. The van der Waals surface area contributed by atoms with E-state index in [2.05, 4.69) is 59.6 Å². The van der Waals surface area contributed by atoms with Crippen LogP contribution in [0.25, 0.3) is 0 Å². The van der Waals surface area contributed by atoms with Crippen molar-refractivity contribution in [3.63, 3.8) is 0 Å². The van der Waals surface area contributed by atoms with Crippen LogP contribution in [0.4, 0.5) is 0 Å². The zero-order chi connectivity index (χ0) is 12.2. The van der Waals surface area contributed by atoms with Crippen LogP contribution in [0.1, 0.15) is 6.92 Å². The summed E-state index contributed by atoms with van der Waals surface area (Å²) in [6, 6.07) is 0. The quantitative estimate of drug-likeness (QED) is 0.380. The van der Waals surface area contributed by atoms with Gasteiger partial charge in [0.15, 0.2) is 0 Å². The minimum atomic E-state index is -0.190. The van der Waals surface area contributed by atoms with E-state index in [-0.39, 0.29) is 5.91 Å². The molecule has 0 aromatic heterocycles. The molecule has 16 heavy (non-hydrogen) atoms. The van der Waals surface area contributed by atoms with E-state index in [1.54, 1.807) is 14.0 Å². The van der Waals surface area contributed by atoms with Crippen molar-refractivity contribution in [3.8, 4) is 47.4 Å². The second-order valence-electron chi connectivity index (χ2n) is 2.49. The van der Waals surface area contributed by atoms with E-state index in [1.165, 1.54) is 6.08 Å². The molecule has 0 saturated carbocycles. The van der Waals surface area contributed by atoms with Crippen LogP contribution in [0.2, 0.25) is 0 Å². The zero-order valence-electron chi connectivity index (χ0n) is 9.19. The molecule has 0 aromatic carbocycles. The smallest absolute Gasteiger partial charge is 0.244 e. The third-order valence-electron chi connectivity index (χ3n) is 1.25. The van der Waals surface area contributed by atoms with E-state index in [0.717, 1.165) is 0 Å². The summed E-state index contributed by atoms with van der Waals surface area (Å²) in [6.07, 6.45) is 1.40. The molecule has 0 aliphatic rings. The average molecular weight is 208 g/mol. The number of likely N-dealkylation sites (N-methyl/N-ethyl adjacent to an activating group) is 1. The van der Waals surface area contributed by atoms with Gasteiger partial charge >= 0.3 is 0 Å². The van der Waals surface area contributed by atoms with Crippen molar-refractivity contribution in [1.82, 2.24) is 5.32 Å². The van der Waals surface area contributed by atoms with Gasteiger partial charge in [0.25, 0.3) is 0 Å². The largest absolute Gasteiger partial charge is 0.356 e. The number of carbonyl (C=O) groups is 1. The van der Waals surface area contributed by atoms with Gasteiger partial charge in [0.05, 0.1) is 0 Å². The molecule has 0 aromatic rings. The first-order valence-corrected chi connectivity index (χ1v) is 4.39. The molecule has 0 unspecified atom stereocenters. The number of rotatable bonds is 1. The van der Waals surface area contributed by atoms with Crippen molar-refractivity contribution < 1.29 is 4.79 Å². The standard InChI is InChI=1S/C14H10NO/c1-4-5-6-7-8-9-10-11-13(2)12-14(16)15-3/h12H,1H2,2-3H3,(H,15,16)/q-1/b13-12-. The van der Waals surface area contributed by atoms with Gasteiger partial charge in [-0.3, -0.25) is 10.7 Å². The van der Waals surface area contributed by atoms with Gasteiger partial charge in [-0.15, -0.1) is 5.92 Å². The fraction of sp³-hybridized carbons (Fsp3) is 0.143. The van der Waals surface area contributed by atoms with Crippen molar-refractivity contribution in [2.45, 2.75) is 6.92 Å². The summed E-state index contributed by atoms with van der Waals surface area (Å²) in [6.45, 7) is 5.02. The molecule has 1 amide bonds. The van der Waals surface area contributed by atoms with E-state index in [9.17, 15) is 4.79 Å². The molecular weight excluding hydrogens is 198 g/mol. The lowest BCUT2D eigenvalue weighted by atomic mass is 10.3. The van der Waals surface area contributed by atoms with Crippen molar-refractivity contribution in [1.29, 1.82) is 0 Å². The fourth-order valence-electron chi connectivity index (χ4n) is 0.604. The van der Waals surface area contributed by atoms with E-state index in [1.807, 2.05) is 0 Å². The molecule has 0 rings (SSSR count). The molecule has 0 aliphatic heterocycles. The molecule has 0 aliphatic carbocycles. The van der Waals surface area contributed by atoms with Gasteiger partial charge in [-0.1, -0.05) is 5.92 Å². The highest BCUT2D eigenvalue weighted by Gasteiger charge is 1.89. The van der Waals surface area contributed by atoms with E-state index >= 15 is 0 Å². The van der Waals surface area contributed by atoms with Crippen LogP contribution in [0.5, 0.6) is 0 Å². The van der Waals surface area contributed by atoms with Gasteiger partial charge in [-0.2, -0.15) is 6.92 Å². The van der Waals surface area contributed by atoms with Crippen molar-refractivity contribution in [3.05, 3.63) is 18.6 Å². The maximum absolute atomic E-state index is 10.9. The molecule has 78 valence electrons. The Labute approximate surface area is 96.5 Å². The summed E-state index contributed by atoms with van der Waals surface area (Å²) in [5, 5.41) is 2.46. The molecule has 0 saturated heterocycles. The Morgan fingerprint density at radius 3 is 2.25 bits per heavy atom. The van der Waals surface area contributed by atoms with E-state index < -0.39 is 0 Å². The predicted octanol–water partition coefficient (Wildman–Crippen LogP) is 0.526. The molecule has 0 heterocycles. The minimum absolute atomic E-state index is 0.190. The van der Waals surface area contributed by atoms with Crippen LogP contribution in [-0.4, -0.2) is 13.0 Å². The molecule has 2 heteroatoms. The van der Waals surface area contributed by atoms with Crippen LogP contribution in [0.3, 0.4) is 0 Å². The minimum Gasteiger partial charge on any atom is -0.356 e. The lowest BCUT2D eigenvalue weighted by Gasteiger charge is -1.89. The van der Waals surface area contributed by atoms with E-state index in [4.69, 9.17) is 0 Å². The molecular formula is C14H10NO-. The third-order valence-corrected chi connectivity index (χ3v) is 1.25. The Balaban J connectivity index is 4.42. The number of hydrogen-bond donors (Lipinski definition) is 1. The van der Waals surface area contributed by atoms with Gasteiger partial charge in [-0.05, 0) is 30.6 Å². The van der Waals surface area contributed by atoms with E-state index in [0.29, 0.717) is 5.57 Å². The van der Waals surface area contributed by atoms with Crippen LogP contribution >= 0.6 is 0 Å². The topological polar surface area (TPSA) is 29.1 Å². The first-order chi connectivity index (χ1) is 7.70. The highest BCUT2D eigenvalue weighted by atomic mass is 16.1. The predicted molar refractivity (Wildman–Crippen MR) is 64.3 cm³/mol. The summed E-state index contributed by atoms with van der Waals surface area (Å²) < 4.78 is 0. The Kier molecular flexibility index (Phi) is 7.41. The third kappa shape index (κ3) is 7.94. The zero-order valence-corrected chi connectivity index (χ0v) is 9.19. The highest BCUT2D eigenvalue weighted by Crippen LogP contribution is 1.87. The van der Waals surface area contributed by atoms with Gasteiger partial charge in [0, 0.05) is 18.7 Å². The normalized spacial score (nSPS) is 7.50. The lowest BCUT2D eigenvalue weighted by Crippen LogP contribution is -2.14. The number of allylic oxidation sites excluding steroid dienone is 1. The SMILES string of the molecule is [CH2-]C#CC#CC#CC#C/C(C)=C\C(=O)NC. The van der Waals surface area contributed by atoms with Crippen molar-refractivity contribution >= 4 is 5.91 Å². The van der Waals surface area contributed by atoms with Crippen molar-refractivity contribution in [2.24, 2.45) is 0 Å². The maximum atomic E-state index is 10.9. The Bertz CT molecular complexity index is 522. The van der Waals surface area contributed by atoms with Crippen LogP contribution in [0, 0.1) is 54.3 Å². The maximum Gasteiger partial charge on any atom is 0.244 e. The first kappa shape index (κ1) is 13.3. The van der Waals surface area contributed by atoms with Gasteiger partial charge in [-0.25, -0.2) is 5.92 Å². The highest BCUT2D eigenvalue weighted by molar-refractivity contribution is 5.88. The Morgan fingerprint density at radius 2 is 1.69 bits per heavy atom. The molecule has 0 radical (unpaired) electrons. The lowest BCUT2D eigenvalue weighted by molar-refractivity contribution is -0.116. The second-order valence-corrected chi connectivity index (χ2v) is 2.49. The summed E-state index contributed by atoms with van der Waals surface area (Å²) in [5.74, 6) is 19.9. The average Bonchev–Trinajstić information content (AvgIpc) is 2.27. The molecule has 0 bridgehead atoms. The molecule has 0 atom stereocenters. The first-order valence-electron chi connectivity index (χ1n) is 4.39. The van der Waals surface area contributed by atoms with Gasteiger partial charge in [0.2, 0.25) is 5.91 Å². The summed E-state index contributed by atoms with van der Waals surface area (Å²) in [5.41, 5.74) is 0.638. The Morgan fingerprint density at radius 1 is 1.12 bits per heavy atom. The van der Waals surface area contributed by atoms with Crippen LogP contribution < -0.4 is 5.32 Å². The molecule has 0 fully saturated rings. The molecule has 0 spiro atoms. The Hall–Kier alpha value is -2.68. The van der Waals surface area contributed by atoms with Crippen LogP contribution in [-0.2, 0) is 4.79 Å². The molecule has 2 nitrogen and oxygen atoms in total. The fourth-order valence-corrected chi connectivity index (χ4v) is 0.604. The number of nitrogens with one attached hydrogen (secondary N) is 1. The van der Waals surface area contributed by atoms with Crippen LogP contribution in [0.15, 0.2) is 11.6 Å². The number of carbonyl (C=O) groups excluding carboxylic acids is 1. The molecule has 1 N–H and O–H groups in total.